The molecule has 2 aromatic carbocycles. The average molecular weight is 268 g/mol. The van der Waals surface area contributed by atoms with Crippen LogP contribution in [-0.2, 0) is 0 Å². The van der Waals surface area contributed by atoms with Gasteiger partial charge in [-0.1, -0.05) is 24.0 Å². The summed E-state index contributed by atoms with van der Waals surface area (Å²) in [5.41, 5.74) is 7.01. The van der Waals surface area contributed by atoms with Crippen LogP contribution >= 0.6 is 0 Å². The maximum Gasteiger partial charge on any atom is 0.255 e. The van der Waals surface area contributed by atoms with Crippen molar-refractivity contribution in [3.63, 3.8) is 0 Å². The molecule has 0 atom stereocenters. The third kappa shape index (κ3) is 3.44. The van der Waals surface area contributed by atoms with Crippen molar-refractivity contribution >= 4 is 11.6 Å². The van der Waals surface area contributed by atoms with Crippen LogP contribution in [0.5, 0.6) is 0 Å². The lowest BCUT2D eigenvalue weighted by atomic mass is 10.1. The third-order valence-electron chi connectivity index (χ3n) is 2.61. The van der Waals surface area contributed by atoms with Gasteiger partial charge in [0.05, 0.1) is 12.2 Å². The number of halogens is 1. The molecule has 3 N–H and O–H groups in total. The molecule has 1 amide bonds. The Morgan fingerprint density at radius 2 is 1.85 bits per heavy atom. The van der Waals surface area contributed by atoms with Crippen molar-refractivity contribution in [1.29, 1.82) is 0 Å². The highest BCUT2D eigenvalue weighted by molar-refractivity contribution is 6.04. The maximum atomic E-state index is 12.8. The molecule has 0 bridgehead atoms. The molecule has 0 saturated carbocycles. The summed E-state index contributed by atoms with van der Waals surface area (Å²) in [6.45, 7) is 0.250. The van der Waals surface area contributed by atoms with E-state index in [1.54, 1.807) is 18.2 Å². The summed E-state index contributed by atoms with van der Waals surface area (Å²) >= 11 is 0. The highest BCUT2D eigenvalue weighted by Gasteiger charge is 2.07. The van der Waals surface area contributed by atoms with Gasteiger partial charge in [0.25, 0.3) is 5.91 Å². The summed E-state index contributed by atoms with van der Waals surface area (Å²) in [6.07, 6.45) is 0. The standard InChI is InChI=1S/C16H13FN2O/c17-14-9-7-13(8-10-14)16(20)19-15-6-2-1-4-12(15)5-3-11-18/h1-2,4,6-10H,11,18H2,(H,19,20). The van der Waals surface area contributed by atoms with Gasteiger partial charge in [-0.25, -0.2) is 4.39 Å². The third-order valence-corrected chi connectivity index (χ3v) is 2.61. The molecule has 0 aliphatic heterocycles. The zero-order valence-corrected chi connectivity index (χ0v) is 10.7. The molecule has 100 valence electrons. The van der Waals surface area contributed by atoms with Crippen LogP contribution in [0.4, 0.5) is 10.1 Å². The van der Waals surface area contributed by atoms with Crippen molar-refractivity contribution in [2.45, 2.75) is 0 Å². The summed E-state index contributed by atoms with van der Waals surface area (Å²) in [5.74, 6) is 4.94. The van der Waals surface area contributed by atoms with Crippen LogP contribution in [0.3, 0.4) is 0 Å². The van der Waals surface area contributed by atoms with E-state index < -0.39 is 0 Å². The molecular weight excluding hydrogens is 255 g/mol. The second kappa shape index (κ2) is 6.50. The monoisotopic (exact) mass is 268 g/mol. The van der Waals surface area contributed by atoms with Gasteiger partial charge in [-0.2, -0.15) is 0 Å². The number of nitrogens with one attached hydrogen (secondary N) is 1. The Hall–Kier alpha value is -2.64. The first-order valence-corrected chi connectivity index (χ1v) is 6.05. The van der Waals surface area contributed by atoms with Crippen LogP contribution < -0.4 is 11.1 Å². The molecule has 20 heavy (non-hydrogen) atoms. The summed E-state index contributed by atoms with van der Waals surface area (Å²) in [7, 11) is 0. The average Bonchev–Trinajstić information content (AvgIpc) is 2.47. The molecule has 0 heterocycles. The highest BCUT2D eigenvalue weighted by atomic mass is 19.1. The van der Waals surface area contributed by atoms with Crippen molar-refractivity contribution in [3.8, 4) is 11.8 Å². The minimum atomic E-state index is -0.379. The number of hydrogen-bond donors (Lipinski definition) is 2. The number of rotatable bonds is 2. The number of carbonyl (C=O) groups excluding carboxylic acids is 1. The predicted molar refractivity (Wildman–Crippen MR) is 76.7 cm³/mol. The summed E-state index contributed by atoms with van der Waals surface area (Å²) in [4.78, 5) is 12.0. The van der Waals surface area contributed by atoms with Crippen LogP contribution in [0.1, 0.15) is 15.9 Å². The Morgan fingerprint density at radius 1 is 1.15 bits per heavy atom. The van der Waals surface area contributed by atoms with Gasteiger partial charge in [0.1, 0.15) is 5.82 Å². The minimum absolute atomic E-state index is 0.250. The Labute approximate surface area is 116 Å². The lowest BCUT2D eigenvalue weighted by Gasteiger charge is -2.07. The van der Waals surface area contributed by atoms with Gasteiger partial charge in [-0.3, -0.25) is 4.79 Å². The van der Waals surface area contributed by atoms with Crippen LogP contribution in [0.25, 0.3) is 0 Å². The Balaban J connectivity index is 2.21. The van der Waals surface area contributed by atoms with E-state index in [9.17, 15) is 9.18 Å². The van der Waals surface area contributed by atoms with Crippen LogP contribution in [-0.4, -0.2) is 12.5 Å². The Bertz CT molecular complexity index is 669. The van der Waals surface area contributed by atoms with E-state index in [1.165, 1.54) is 24.3 Å². The topological polar surface area (TPSA) is 55.1 Å². The van der Waals surface area contributed by atoms with E-state index in [0.29, 0.717) is 16.8 Å². The number of nitrogens with two attached hydrogens (primary N) is 1. The zero-order chi connectivity index (χ0) is 14.4. The number of para-hydroxylation sites is 1. The Morgan fingerprint density at radius 3 is 2.55 bits per heavy atom. The molecule has 4 heteroatoms. The first kappa shape index (κ1) is 13.8. The largest absolute Gasteiger partial charge is 0.321 e. The fraction of sp³-hybridized carbons (Fsp3) is 0.0625. The Kier molecular flexibility index (Phi) is 4.48. The van der Waals surface area contributed by atoms with E-state index in [4.69, 9.17) is 5.73 Å². The van der Waals surface area contributed by atoms with Crippen molar-refractivity contribution in [3.05, 3.63) is 65.5 Å². The molecule has 3 nitrogen and oxygen atoms in total. The van der Waals surface area contributed by atoms with E-state index >= 15 is 0 Å². The van der Waals surface area contributed by atoms with Gasteiger partial charge < -0.3 is 11.1 Å². The molecule has 2 aromatic rings. The normalized spacial score (nSPS) is 9.50. The molecular formula is C16H13FN2O. The molecule has 0 aliphatic rings. The quantitative estimate of drug-likeness (QED) is 0.822. The van der Waals surface area contributed by atoms with Crippen LogP contribution in [0.15, 0.2) is 48.5 Å². The van der Waals surface area contributed by atoms with E-state index in [1.807, 2.05) is 6.07 Å². The fourth-order valence-electron chi connectivity index (χ4n) is 1.64. The van der Waals surface area contributed by atoms with Gasteiger partial charge in [0.15, 0.2) is 0 Å². The van der Waals surface area contributed by atoms with Crippen molar-refractivity contribution in [1.82, 2.24) is 0 Å². The molecule has 0 unspecified atom stereocenters. The summed E-state index contributed by atoms with van der Waals surface area (Å²) < 4.78 is 12.8. The zero-order valence-electron chi connectivity index (χ0n) is 10.7. The fourth-order valence-corrected chi connectivity index (χ4v) is 1.64. The van der Waals surface area contributed by atoms with Gasteiger partial charge in [-0.15, -0.1) is 0 Å². The molecule has 0 aliphatic carbocycles. The van der Waals surface area contributed by atoms with Crippen molar-refractivity contribution in [2.75, 3.05) is 11.9 Å². The van der Waals surface area contributed by atoms with Crippen molar-refractivity contribution in [2.24, 2.45) is 5.73 Å². The second-order valence-electron chi connectivity index (χ2n) is 4.01. The summed E-state index contributed by atoms with van der Waals surface area (Å²) in [6, 6.07) is 12.5. The van der Waals surface area contributed by atoms with Crippen molar-refractivity contribution < 1.29 is 9.18 Å². The molecule has 2 rings (SSSR count). The number of anilines is 1. The SMILES string of the molecule is NCC#Cc1ccccc1NC(=O)c1ccc(F)cc1. The van der Waals surface area contributed by atoms with Gasteiger partial charge in [0, 0.05) is 11.1 Å². The van der Waals surface area contributed by atoms with E-state index in [-0.39, 0.29) is 18.3 Å². The maximum absolute atomic E-state index is 12.8. The lowest BCUT2D eigenvalue weighted by Crippen LogP contribution is -2.12. The predicted octanol–water partition coefficient (Wildman–Crippen LogP) is 2.39. The summed E-state index contributed by atoms with van der Waals surface area (Å²) in [5, 5.41) is 2.75. The first-order valence-electron chi connectivity index (χ1n) is 6.05. The molecule has 0 spiro atoms. The molecule has 0 fully saturated rings. The van der Waals surface area contributed by atoms with Crippen LogP contribution in [0.2, 0.25) is 0 Å². The number of hydrogen-bond acceptors (Lipinski definition) is 2. The smallest absolute Gasteiger partial charge is 0.255 e. The van der Waals surface area contributed by atoms with Crippen LogP contribution in [0, 0.1) is 17.7 Å². The number of benzene rings is 2. The molecule has 0 saturated heterocycles. The number of carbonyl (C=O) groups is 1. The highest BCUT2D eigenvalue weighted by Crippen LogP contribution is 2.15. The van der Waals surface area contributed by atoms with Gasteiger partial charge >= 0.3 is 0 Å². The van der Waals surface area contributed by atoms with E-state index in [0.717, 1.165) is 0 Å². The van der Waals surface area contributed by atoms with E-state index in [2.05, 4.69) is 17.2 Å². The number of amides is 1. The lowest BCUT2D eigenvalue weighted by molar-refractivity contribution is 0.102. The minimum Gasteiger partial charge on any atom is -0.321 e. The van der Waals surface area contributed by atoms with Gasteiger partial charge in [-0.05, 0) is 36.4 Å². The molecule has 0 radical (unpaired) electrons. The first-order chi connectivity index (χ1) is 9.70. The molecule has 0 aromatic heterocycles. The van der Waals surface area contributed by atoms with Gasteiger partial charge in [0.2, 0.25) is 0 Å². The second-order valence-corrected chi connectivity index (χ2v) is 4.01.